The molecule has 4 aromatic carbocycles. The maximum absolute atomic E-state index is 13.1. The van der Waals surface area contributed by atoms with Crippen LogP contribution in [0.4, 0.5) is 0 Å². The number of benzene rings is 4. The Morgan fingerprint density at radius 1 is 0.629 bits per heavy atom. The average molecular weight is 469 g/mol. The molecule has 6 nitrogen and oxygen atoms in total. The SMILES string of the molecule is COc1cc(O)ccc1C(=O)c1cccc(Cc2cccc(C(=O)c3ccc(O)cc3OC)c2)c1. The summed E-state index contributed by atoms with van der Waals surface area (Å²) in [4.78, 5) is 26.2. The van der Waals surface area contributed by atoms with Gasteiger partial charge in [-0.25, -0.2) is 0 Å². The van der Waals surface area contributed by atoms with Crippen molar-refractivity contribution in [3.63, 3.8) is 0 Å². The monoisotopic (exact) mass is 468 g/mol. The molecule has 0 aliphatic heterocycles. The summed E-state index contributed by atoms with van der Waals surface area (Å²) in [5.74, 6) is 0.213. The molecular formula is C29H24O6. The predicted molar refractivity (Wildman–Crippen MR) is 132 cm³/mol. The first-order valence-corrected chi connectivity index (χ1v) is 10.9. The Labute approximate surface area is 203 Å². The van der Waals surface area contributed by atoms with Gasteiger partial charge < -0.3 is 19.7 Å². The first kappa shape index (κ1) is 23.6. The van der Waals surface area contributed by atoms with Crippen LogP contribution in [0.2, 0.25) is 0 Å². The molecule has 0 aliphatic rings. The molecule has 2 N–H and O–H groups in total. The molecule has 0 fully saturated rings. The smallest absolute Gasteiger partial charge is 0.196 e. The lowest BCUT2D eigenvalue weighted by molar-refractivity contribution is 0.102. The fourth-order valence-electron chi connectivity index (χ4n) is 3.93. The number of carbonyl (C=O) groups excluding carboxylic acids is 2. The fraction of sp³-hybridized carbons (Fsp3) is 0.103. The van der Waals surface area contributed by atoms with Gasteiger partial charge in [0.1, 0.15) is 23.0 Å². The van der Waals surface area contributed by atoms with Crippen LogP contribution in [-0.4, -0.2) is 36.0 Å². The molecule has 6 heteroatoms. The summed E-state index contributed by atoms with van der Waals surface area (Å²) >= 11 is 0. The zero-order valence-corrected chi connectivity index (χ0v) is 19.3. The maximum atomic E-state index is 13.1. The molecule has 35 heavy (non-hydrogen) atoms. The molecule has 4 aromatic rings. The summed E-state index contributed by atoms with van der Waals surface area (Å²) in [7, 11) is 2.90. The highest BCUT2D eigenvalue weighted by Crippen LogP contribution is 2.28. The van der Waals surface area contributed by atoms with Crippen molar-refractivity contribution < 1.29 is 29.3 Å². The topological polar surface area (TPSA) is 93.1 Å². The standard InChI is InChI=1S/C29H24O6/c1-34-26-16-22(30)9-11-24(26)28(32)20-7-3-5-18(14-20)13-19-6-4-8-21(15-19)29(33)25-12-10-23(31)17-27(25)35-2/h3-12,14-17,30-31H,13H2,1-2H3. The summed E-state index contributed by atoms with van der Waals surface area (Å²) in [6, 6.07) is 23.3. The van der Waals surface area contributed by atoms with Gasteiger partial charge in [-0.2, -0.15) is 0 Å². The number of ether oxygens (including phenoxy) is 2. The Hall–Kier alpha value is -4.58. The number of hydrogen-bond donors (Lipinski definition) is 2. The maximum Gasteiger partial charge on any atom is 0.196 e. The van der Waals surface area contributed by atoms with Crippen molar-refractivity contribution in [2.75, 3.05) is 14.2 Å². The van der Waals surface area contributed by atoms with Crippen LogP contribution in [0.3, 0.4) is 0 Å². The van der Waals surface area contributed by atoms with Crippen LogP contribution >= 0.6 is 0 Å². The van der Waals surface area contributed by atoms with Gasteiger partial charge in [-0.15, -0.1) is 0 Å². The lowest BCUT2D eigenvalue weighted by Gasteiger charge is -2.11. The second-order valence-corrected chi connectivity index (χ2v) is 8.00. The number of phenols is 2. The van der Waals surface area contributed by atoms with Crippen LogP contribution in [0.25, 0.3) is 0 Å². The van der Waals surface area contributed by atoms with Gasteiger partial charge in [-0.05, 0) is 53.9 Å². The largest absolute Gasteiger partial charge is 0.508 e. The summed E-state index contributed by atoms with van der Waals surface area (Å²) in [5, 5.41) is 19.3. The zero-order valence-electron chi connectivity index (χ0n) is 19.3. The molecule has 0 spiro atoms. The van der Waals surface area contributed by atoms with Crippen molar-refractivity contribution in [3.8, 4) is 23.0 Å². The van der Waals surface area contributed by atoms with E-state index in [-0.39, 0.29) is 23.1 Å². The normalized spacial score (nSPS) is 10.6. The fourth-order valence-corrected chi connectivity index (χ4v) is 3.93. The minimum absolute atomic E-state index is 0.0199. The molecule has 4 rings (SSSR count). The van der Waals surface area contributed by atoms with E-state index >= 15 is 0 Å². The van der Waals surface area contributed by atoms with E-state index in [2.05, 4.69) is 0 Å². The van der Waals surface area contributed by atoms with E-state index < -0.39 is 0 Å². The van der Waals surface area contributed by atoms with Gasteiger partial charge in [0.05, 0.1) is 25.3 Å². The Balaban J connectivity index is 1.59. The number of ketones is 2. The molecule has 0 saturated heterocycles. The van der Waals surface area contributed by atoms with E-state index in [0.717, 1.165) is 11.1 Å². The molecular weight excluding hydrogens is 444 g/mol. The van der Waals surface area contributed by atoms with Gasteiger partial charge in [-0.3, -0.25) is 9.59 Å². The number of rotatable bonds is 8. The summed E-state index contributed by atoms with van der Waals surface area (Å²) in [5.41, 5.74) is 3.51. The highest BCUT2D eigenvalue weighted by atomic mass is 16.5. The minimum atomic E-state index is -0.216. The third-order valence-corrected chi connectivity index (χ3v) is 5.65. The van der Waals surface area contributed by atoms with E-state index in [1.165, 1.54) is 50.6 Å². The molecule has 0 bridgehead atoms. The Bertz CT molecular complexity index is 1300. The minimum Gasteiger partial charge on any atom is -0.508 e. The van der Waals surface area contributed by atoms with E-state index in [9.17, 15) is 19.8 Å². The Kier molecular flexibility index (Phi) is 6.83. The molecule has 0 aliphatic carbocycles. The summed E-state index contributed by atoms with van der Waals surface area (Å²) < 4.78 is 10.5. The number of methoxy groups -OCH3 is 2. The van der Waals surface area contributed by atoms with Crippen LogP contribution in [0.5, 0.6) is 23.0 Å². The van der Waals surface area contributed by atoms with Crippen molar-refractivity contribution in [1.29, 1.82) is 0 Å². The van der Waals surface area contributed by atoms with E-state index in [4.69, 9.17) is 9.47 Å². The highest BCUT2D eigenvalue weighted by molar-refractivity contribution is 6.11. The molecule has 0 saturated carbocycles. The molecule has 0 atom stereocenters. The van der Waals surface area contributed by atoms with E-state index in [1.54, 1.807) is 12.1 Å². The molecule has 0 heterocycles. The second kappa shape index (κ2) is 10.1. The first-order chi connectivity index (χ1) is 16.9. The average Bonchev–Trinajstić information content (AvgIpc) is 2.88. The lowest BCUT2D eigenvalue weighted by Crippen LogP contribution is -2.05. The van der Waals surface area contributed by atoms with Crippen LogP contribution < -0.4 is 9.47 Å². The van der Waals surface area contributed by atoms with Gasteiger partial charge in [-0.1, -0.05) is 36.4 Å². The third kappa shape index (κ3) is 5.17. The predicted octanol–water partition coefficient (Wildman–Crippen LogP) is 5.17. The van der Waals surface area contributed by atoms with Gasteiger partial charge >= 0.3 is 0 Å². The molecule has 0 radical (unpaired) electrons. The third-order valence-electron chi connectivity index (χ3n) is 5.65. The number of carbonyl (C=O) groups is 2. The number of aromatic hydroxyl groups is 2. The molecule has 0 unspecified atom stereocenters. The molecule has 0 amide bonds. The van der Waals surface area contributed by atoms with E-state index in [0.29, 0.717) is 40.2 Å². The summed E-state index contributed by atoms with van der Waals surface area (Å²) in [6.07, 6.45) is 0.516. The van der Waals surface area contributed by atoms with Crippen LogP contribution in [0, 0.1) is 0 Å². The van der Waals surface area contributed by atoms with Crippen molar-refractivity contribution in [2.24, 2.45) is 0 Å². The van der Waals surface area contributed by atoms with Gasteiger partial charge in [0.2, 0.25) is 0 Å². The van der Waals surface area contributed by atoms with Crippen molar-refractivity contribution >= 4 is 11.6 Å². The Morgan fingerprint density at radius 2 is 1.06 bits per heavy atom. The quantitative estimate of drug-likeness (QED) is 0.347. The first-order valence-electron chi connectivity index (χ1n) is 10.9. The molecule has 0 aromatic heterocycles. The van der Waals surface area contributed by atoms with Crippen molar-refractivity contribution in [3.05, 3.63) is 118 Å². The van der Waals surface area contributed by atoms with Crippen molar-refractivity contribution in [2.45, 2.75) is 6.42 Å². The van der Waals surface area contributed by atoms with Crippen molar-refractivity contribution in [1.82, 2.24) is 0 Å². The van der Waals surface area contributed by atoms with E-state index in [1.807, 2.05) is 36.4 Å². The van der Waals surface area contributed by atoms with Gasteiger partial charge in [0.25, 0.3) is 0 Å². The van der Waals surface area contributed by atoms with Crippen LogP contribution in [0.15, 0.2) is 84.9 Å². The number of phenolic OH excluding ortho intramolecular Hbond substituents is 2. The van der Waals surface area contributed by atoms with Crippen LogP contribution in [0.1, 0.15) is 43.0 Å². The highest BCUT2D eigenvalue weighted by Gasteiger charge is 2.17. The Morgan fingerprint density at radius 3 is 1.46 bits per heavy atom. The zero-order chi connectivity index (χ0) is 24.9. The number of hydrogen-bond acceptors (Lipinski definition) is 6. The lowest BCUT2D eigenvalue weighted by atomic mass is 9.95. The van der Waals surface area contributed by atoms with Gasteiger partial charge in [0, 0.05) is 23.3 Å². The van der Waals surface area contributed by atoms with Crippen LogP contribution in [-0.2, 0) is 6.42 Å². The second-order valence-electron chi connectivity index (χ2n) is 8.00. The molecule has 176 valence electrons. The van der Waals surface area contributed by atoms with Gasteiger partial charge in [0.15, 0.2) is 11.6 Å². The summed E-state index contributed by atoms with van der Waals surface area (Å²) in [6.45, 7) is 0.